The van der Waals surface area contributed by atoms with Gasteiger partial charge in [-0.1, -0.05) is 30.3 Å². The maximum absolute atomic E-state index is 10.7. The first-order chi connectivity index (χ1) is 9.70. The molecule has 0 spiro atoms. The second-order valence-electron chi connectivity index (χ2n) is 4.35. The van der Waals surface area contributed by atoms with Crippen LogP contribution >= 0.6 is 0 Å². The minimum Gasteiger partial charge on any atom is -0.489 e. The van der Waals surface area contributed by atoms with Gasteiger partial charge in [0.1, 0.15) is 12.4 Å². The van der Waals surface area contributed by atoms with Gasteiger partial charge in [-0.2, -0.15) is 0 Å². The molecule has 0 fully saturated rings. The fourth-order valence-corrected chi connectivity index (χ4v) is 1.90. The van der Waals surface area contributed by atoms with Crippen molar-refractivity contribution < 1.29 is 9.66 Å². The number of para-hydroxylation sites is 1. The third-order valence-corrected chi connectivity index (χ3v) is 2.86. The van der Waals surface area contributed by atoms with Crippen LogP contribution in [0.2, 0.25) is 0 Å². The van der Waals surface area contributed by atoms with E-state index in [0.717, 1.165) is 16.9 Å². The fourth-order valence-electron chi connectivity index (χ4n) is 1.90. The van der Waals surface area contributed by atoms with Gasteiger partial charge in [-0.05, 0) is 18.7 Å². The lowest BCUT2D eigenvalue weighted by atomic mass is 10.2. The zero-order valence-corrected chi connectivity index (χ0v) is 11.2. The standard InChI is InChI=1S/C15H16N2O3/c1-16-10-13-6-2-3-8-15(13)20-11-12-5-4-7-14(9-12)17(18)19/h2-9,16H,10-11H2,1H3. The molecule has 0 unspecified atom stereocenters. The van der Waals surface area contributed by atoms with E-state index in [2.05, 4.69) is 5.32 Å². The van der Waals surface area contributed by atoms with E-state index in [0.29, 0.717) is 13.2 Å². The Morgan fingerprint density at radius 1 is 1.20 bits per heavy atom. The maximum atomic E-state index is 10.7. The van der Waals surface area contributed by atoms with Crippen molar-refractivity contribution in [3.8, 4) is 5.75 Å². The highest BCUT2D eigenvalue weighted by Crippen LogP contribution is 2.20. The number of nitrogens with zero attached hydrogens (tertiary/aromatic N) is 1. The van der Waals surface area contributed by atoms with Gasteiger partial charge in [0, 0.05) is 24.2 Å². The molecule has 0 saturated carbocycles. The molecule has 0 amide bonds. The lowest BCUT2D eigenvalue weighted by molar-refractivity contribution is -0.384. The third-order valence-electron chi connectivity index (χ3n) is 2.86. The van der Waals surface area contributed by atoms with Gasteiger partial charge in [0.25, 0.3) is 5.69 Å². The van der Waals surface area contributed by atoms with Crippen molar-refractivity contribution in [3.05, 3.63) is 69.8 Å². The van der Waals surface area contributed by atoms with Gasteiger partial charge in [0.05, 0.1) is 4.92 Å². The Labute approximate surface area is 117 Å². The Morgan fingerprint density at radius 3 is 2.75 bits per heavy atom. The summed E-state index contributed by atoms with van der Waals surface area (Å²) in [5.41, 5.74) is 1.91. The summed E-state index contributed by atoms with van der Waals surface area (Å²) in [6, 6.07) is 14.2. The van der Waals surface area contributed by atoms with Crippen LogP contribution in [-0.2, 0) is 13.2 Å². The van der Waals surface area contributed by atoms with E-state index in [4.69, 9.17) is 4.74 Å². The molecule has 0 aromatic heterocycles. The summed E-state index contributed by atoms with van der Waals surface area (Å²) >= 11 is 0. The molecule has 5 nitrogen and oxygen atoms in total. The minimum atomic E-state index is -0.404. The number of nitro groups is 1. The molecule has 0 radical (unpaired) electrons. The number of nitrogens with one attached hydrogen (secondary N) is 1. The highest BCUT2D eigenvalue weighted by atomic mass is 16.6. The summed E-state index contributed by atoms with van der Waals surface area (Å²) in [6.45, 7) is 1.02. The van der Waals surface area contributed by atoms with Crippen LogP contribution in [0.25, 0.3) is 0 Å². The van der Waals surface area contributed by atoms with Crippen molar-refractivity contribution in [2.45, 2.75) is 13.2 Å². The summed E-state index contributed by atoms with van der Waals surface area (Å²) in [5, 5.41) is 13.8. The van der Waals surface area contributed by atoms with E-state index in [-0.39, 0.29) is 5.69 Å². The van der Waals surface area contributed by atoms with Gasteiger partial charge in [0.2, 0.25) is 0 Å². The van der Waals surface area contributed by atoms with Gasteiger partial charge < -0.3 is 10.1 Å². The zero-order valence-electron chi connectivity index (χ0n) is 11.2. The highest BCUT2D eigenvalue weighted by molar-refractivity contribution is 5.36. The molecule has 0 atom stereocenters. The Kier molecular flexibility index (Phi) is 4.68. The van der Waals surface area contributed by atoms with Crippen molar-refractivity contribution in [1.82, 2.24) is 5.32 Å². The number of ether oxygens (including phenoxy) is 1. The van der Waals surface area contributed by atoms with E-state index < -0.39 is 4.92 Å². The van der Waals surface area contributed by atoms with Gasteiger partial charge >= 0.3 is 0 Å². The molecule has 0 heterocycles. The first-order valence-electron chi connectivity index (χ1n) is 6.29. The molecule has 0 saturated heterocycles. The average Bonchev–Trinajstić information content (AvgIpc) is 2.47. The molecular formula is C15H16N2O3. The molecule has 20 heavy (non-hydrogen) atoms. The van der Waals surface area contributed by atoms with E-state index in [1.54, 1.807) is 6.07 Å². The molecule has 0 aliphatic carbocycles. The third kappa shape index (κ3) is 3.55. The molecule has 1 N–H and O–H groups in total. The van der Waals surface area contributed by atoms with Crippen molar-refractivity contribution in [2.75, 3.05) is 7.05 Å². The minimum absolute atomic E-state index is 0.0783. The van der Waals surface area contributed by atoms with Crippen LogP contribution in [0.15, 0.2) is 48.5 Å². The SMILES string of the molecule is CNCc1ccccc1OCc1cccc([N+](=O)[O-])c1. The molecular weight excluding hydrogens is 256 g/mol. The van der Waals surface area contributed by atoms with Crippen LogP contribution in [-0.4, -0.2) is 12.0 Å². The van der Waals surface area contributed by atoms with Crippen LogP contribution in [0.4, 0.5) is 5.69 Å². The lowest BCUT2D eigenvalue weighted by Crippen LogP contribution is -2.07. The zero-order chi connectivity index (χ0) is 14.4. The monoisotopic (exact) mass is 272 g/mol. The van der Waals surface area contributed by atoms with Crippen LogP contribution in [0.3, 0.4) is 0 Å². The summed E-state index contributed by atoms with van der Waals surface area (Å²) in [4.78, 5) is 10.3. The summed E-state index contributed by atoms with van der Waals surface area (Å²) in [5.74, 6) is 0.786. The molecule has 2 aromatic rings. The van der Waals surface area contributed by atoms with E-state index >= 15 is 0 Å². The molecule has 0 aliphatic heterocycles. The van der Waals surface area contributed by atoms with Crippen molar-refractivity contribution in [1.29, 1.82) is 0 Å². The molecule has 2 aromatic carbocycles. The summed E-state index contributed by atoms with van der Waals surface area (Å²) < 4.78 is 5.75. The number of nitro benzene ring substituents is 1. The highest BCUT2D eigenvalue weighted by Gasteiger charge is 2.07. The van der Waals surface area contributed by atoms with Gasteiger partial charge in [-0.15, -0.1) is 0 Å². The first-order valence-corrected chi connectivity index (χ1v) is 6.29. The second kappa shape index (κ2) is 6.68. The average molecular weight is 272 g/mol. The van der Waals surface area contributed by atoms with E-state index in [1.807, 2.05) is 37.4 Å². The van der Waals surface area contributed by atoms with Crippen molar-refractivity contribution in [2.24, 2.45) is 0 Å². The van der Waals surface area contributed by atoms with Crippen LogP contribution in [0, 0.1) is 10.1 Å². The largest absolute Gasteiger partial charge is 0.489 e. The smallest absolute Gasteiger partial charge is 0.269 e. The maximum Gasteiger partial charge on any atom is 0.269 e. The number of hydrogen-bond donors (Lipinski definition) is 1. The van der Waals surface area contributed by atoms with Crippen LogP contribution in [0.1, 0.15) is 11.1 Å². The molecule has 5 heteroatoms. The van der Waals surface area contributed by atoms with Gasteiger partial charge in [-0.25, -0.2) is 0 Å². The van der Waals surface area contributed by atoms with Gasteiger partial charge in [-0.3, -0.25) is 10.1 Å². The Morgan fingerprint density at radius 2 is 2.00 bits per heavy atom. The first kappa shape index (κ1) is 14.0. The molecule has 104 valence electrons. The van der Waals surface area contributed by atoms with Gasteiger partial charge in [0.15, 0.2) is 0 Å². The predicted molar refractivity (Wildman–Crippen MR) is 76.6 cm³/mol. The van der Waals surface area contributed by atoms with Crippen LogP contribution in [0.5, 0.6) is 5.75 Å². The molecule has 0 bridgehead atoms. The Bertz CT molecular complexity index is 599. The van der Waals surface area contributed by atoms with E-state index in [1.165, 1.54) is 12.1 Å². The summed E-state index contributed by atoms with van der Waals surface area (Å²) in [6.07, 6.45) is 0. The summed E-state index contributed by atoms with van der Waals surface area (Å²) in [7, 11) is 1.87. The number of benzene rings is 2. The Hall–Kier alpha value is -2.40. The van der Waals surface area contributed by atoms with E-state index in [9.17, 15) is 10.1 Å². The molecule has 2 rings (SSSR count). The van der Waals surface area contributed by atoms with Crippen molar-refractivity contribution >= 4 is 5.69 Å². The quantitative estimate of drug-likeness (QED) is 0.648. The fraction of sp³-hybridized carbons (Fsp3) is 0.200. The van der Waals surface area contributed by atoms with Crippen LogP contribution < -0.4 is 10.1 Å². The van der Waals surface area contributed by atoms with Crippen molar-refractivity contribution in [3.63, 3.8) is 0 Å². The topological polar surface area (TPSA) is 64.4 Å². The Balaban J connectivity index is 2.09. The number of rotatable bonds is 6. The number of non-ortho nitro benzene ring substituents is 1. The number of hydrogen-bond acceptors (Lipinski definition) is 4. The lowest BCUT2D eigenvalue weighted by Gasteiger charge is -2.11. The molecule has 0 aliphatic rings. The predicted octanol–water partition coefficient (Wildman–Crippen LogP) is 2.89. The normalized spacial score (nSPS) is 10.2. The second-order valence-corrected chi connectivity index (χ2v) is 4.35.